The fourth-order valence-electron chi connectivity index (χ4n) is 6.91. The Balaban J connectivity index is 1.77. The summed E-state index contributed by atoms with van der Waals surface area (Å²) in [4.78, 5) is 0. The van der Waals surface area contributed by atoms with Gasteiger partial charge in [-0.2, -0.15) is 0 Å². The van der Waals surface area contributed by atoms with Gasteiger partial charge in [-0.3, -0.25) is 0 Å². The lowest BCUT2D eigenvalue weighted by molar-refractivity contribution is -0.127. The van der Waals surface area contributed by atoms with Crippen molar-refractivity contribution >= 4 is 0 Å². The lowest BCUT2D eigenvalue weighted by atomic mass is 9.46. The molecule has 25 heavy (non-hydrogen) atoms. The van der Waals surface area contributed by atoms with Gasteiger partial charge >= 0.3 is 0 Å². The zero-order valence-electron chi connectivity index (χ0n) is 15.1. The molecule has 4 rings (SSSR count). The second-order valence-electron chi connectivity index (χ2n) is 9.33. The smallest absolute Gasteiger partial charge is 0.148 e. The summed E-state index contributed by atoms with van der Waals surface area (Å²) in [5.41, 5.74) is -1.23. The first kappa shape index (κ1) is 17.5. The number of aliphatic hydroxyl groups is 3. The summed E-state index contributed by atoms with van der Waals surface area (Å²) >= 11 is 0. The molecule has 138 valence electrons. The summed E-state index contributed by atoms with van der Waals surface area (Å²) in [6, 6.07) is 0. The molecule has 3 N–H and O–H groups in total. The Morgan fingerprint density at radius 3 is 2.48 bits per heavy atom. The molecule has 3 saturated carbocycles. The lowest BCUT2D eigenvalue weighted by Crippen LogP contribution is -2.58. The van der Waals surface area contributed by atoms with E-state index in [1.807, 2.05) is 0 Å². The van der Waals surface area contributed by atoms with Crippen LogP contribution in [0.2, 0.25) is 0 Å². The predicted molar refractivity (Wildman–Crippen MR) is 93.2 cm³/mol. The Hall–Kier alpha value is -0.890. The van der Waals surface area contributed by atoms with Gasteiger partial charge in [-0.15, -0.1) is 6.42 Å². The van der Waals surface area contributed by atoms with Crippen molar-refractivity contribution in [3.05, 3.63) is 11.6 Å². The molecular weight excluding hydrogens is 319 g/mol. The summed E-state index contributed by atoms with van der Waals surface area (Å²) in [6.07, 6.45) is 8.48. The topological polar surface area (TPSA) is 60.7 Å². The van der Waals surface area contributed by atoms with Gasteiger partial charge in [-0.25, -0.2) is 4.39 Å². The summed E-state index contributed by atoms with van der Waals surface area (Å²) in [6.45, 7) is 4.17. The van der Waals surface area contributed by atoms with E-state index >= 15 is 0 Å². The van der Waals surface area contributed by atoms with Crippen LogP contribution in [-0.2, 0) is 0 Å². The van der Waals surface area contributed by atoms with Crippen LogP contribution in [0.15, 0.2) is 11.6 Å². The third-order valence-electron chi connectivity index (χ3n) is 8.54. The van der Waals surface area contributed by atoms with Gasteiger partial charge in [0.1, 0.15) is 11.8 Å². The fourth-order valence-corrected chi connectivity index (χ4v) is 6.91. The molecular formula is C21H29FO3. The van der Waals surface area contributed by atoms with Crippen molar-refractivity contribution in [3.63, 3.8) is 0 Å². The van der Waals surface area contributed by atoms with Crippen LogP contribution in [0, 0.1) is 40.9 Å². The molecule has 0 heterocycles. The largest absolute Gasteiger partial charge is 0.390 e. The van der Waals surface area contributed by atoms with Crippen molar-refractivity contribution in [2.45, 2.75) is 76.4 Å². The van der Waals surface area contributed by atoms with Crippen molar-refractivity contribution in [1.29, 1.82) is 0 Å². The zero-order chi connectivity index (χ0) is 18.2. The van der Waals surface area contributed by atoms with E-state index in [4.69, 9.17) is 6.42 Å². The van der Waals surface area contributed by atoms with Crippen LogP contribution in [0.1, 0.15) is 52.4 Å². The van der Waals surface area contributed by atoms with Crippen molar-refractivity contribution in [3.8, 4) is 12.3 Å². The summed E-state index contributed by atoms with van der Waals surface area (Å²) in [5.74, 6) is 2.95. The second-order valence-corrected chi connectivity index (χ2v) is 9.33. The molecule has 0 aromatic carbocycles. The number of hydrogen-bond donors (Lipinski definition) is 3. The summed E-state index contributed by atoms with van der Waals surface area (Å²) in [5, 5.41) is 31.8. The highest BCUT2D eigenvalue weighted by molar-refractivity contribution is 5.33. The fraction of sp³-hybridized carbons (Fsp3) is 0.810. The molecule has 0 spiro atoms. The molecule has 9 atom stereocenters. The number of alkyl halides is 1. The van der Waals surface area contributed by atoms with Crippen LogP contribution in [0.4, 0.5) is 4.39 Å². The molecule has 0 aromatic heterocycles. The molecule has 0 saturated heterocycles. The molecule has 0 aliphatic heterocycles. The molecule has 4 aliphatic carbocycles. The Bertz CT molecular complexity index is 654. The van der Waals surface area contributed by atoms with Crippen LogP contribution in [-0.4, -0.2) is 39.3 Å². The van der Waals surface area contributed by atoms with Crippen LogP contribution < -0.4 is 0 Å². The highest BCUT2D eigenvalue weighted by Crippen LogP contribution is 2.67. The quantitative estimate of drug-likeness (QED) is 0.466. The lowest BCUT2D eigenvalue weighted by Gasteiger charge is -2.59. The molecule has 4 aliphatic rings. The van der Waals surface area contributed by atoms with Crippen LogP contribution in [0.25, 0.3) is 0 Å². The number of aliphatic hydroxyl groups excluding tert-OH is 2. The molecule has 4 heteroatoms. The molecule has 3 nitrogen and oxygen atoms in total. The Morgan fingerprint density at radius 1 is 1.12 bits per heavy atom. The highest BCUT2D eigenvalue weighted by atomic mass is 19.1. The van der Waals surface area contributed by atoms with Gasteiger partial charge in [0.25, 0.3) is 0 Å². The SMILES string of the molecule is C#C[C@]1(O)CC[C@H]2[C@@H]3[C@H](O)C=C4[C@@H](F)[C@H](O)CC[C@]4(C)[C@H]3CC[C@@]21C. The van der Waals surface area contributed by atoms with E-state index in [9.17, 15) is 19.7 Å². The van der Waals surface area contributed by atoms with Gasteiger partial charge < -0.3 is 15.3 Å². The minimum Gasteiger partial charge on any atom is -0.390 e. The number of hydrogen-bond acceptors (Lipinski definition) is 3. The maximum atomic E-state index is 14.7. The van der Waals surface area contributed by atoms with Gasteiger partial charge in [-0.1, -0.05) is 25.8 Å². The molecule has 0 unspecified atom stereocenters. The van der Waals surface area contributed by atoms with Gasteiger partial charge in [0.05, 0.1) is 12.2 Å². The highest BCUT2D eigenvalue weighted by Gasteiger charge is 2.65. The predicted octanol–water partition coefficient (Wildman–Crippen LogP) is 2.59. The Labute approximate surface area is 149 Å². The van der Waals surface area contributed by atoms with Crippen molar-refractivity contribution in [2.75, 3.05) is 0 Å². The number of halogens is 1. The van der Waals surface area contributed by atoms with Crippen LogP contribution in [0.5, 0.6) is 0 Å². The number of fused-ring (bicyclic) bond motifs is 5. The standard InChI is InChI=1S/C21H29FO3/c1-4-21(25)10-6-13-17-12(5-9-20(13,21)3)19(2)8-7-15(23)18(22)14(19)11-16(17)24/h1,11-13,15-18,23-25H,5-10H2,2-3H3/t12-,13-,15+,16+,17+,18+,19+,20-,21-/m0/s1. The first-order valence-corrected chi connectivity index (χ1v) is 9.60. The van der Waals surface area contributed by atoms with E-state index in [1.54, 1.807) is 6.08 Å². The number of rotatable bonds is 0. The summed E-state index contributed by atoms with van der Waals surface area (Å²) < 4.78 is 14.7. The first-order chi connectivity index (χ1) is 11.7. The minimum absolute atomic E-state index is 0.00248. The monoisotopic (exact) mass is 348 g/mol. The Kier molecular flexibility index (Phi) is 3.72. The average Bonchev–Trinajstić information content (AvgIpc) is 2.86. The van der Waals surface area contributed by atoms with Gasteiger partial charge in [-0.05, 0) is 67.3 Å². The average molecular weight is 348 g/mol. The zero-order valence-corrected chi connectivity index (χ0v) is 15.1. The van der Waals surface area contributed by atoms with Gasteiger partial charge in [0.15, 0.2) is 0 Å². The third-order valence-corrected chi connectivity index (χ3v) is 8.54. The van der Waals surface area contributed by atoms with Crippen molar-refractivity contribution in [1.82, 2.24) is 0 Å². The van der Waals surface area contributed by atoms with E-state index in [-0.39, 0.29) is 23.2 Å². The van der Waals surface area contributed by atoms with E-state index < -0.39 is 29.4 Å². The van der Waals surface area contributed by atoms with Gasteiger partial charge in [0, 0.05) is 5.41 Å². The Morgan fingerprint density at radius 2 is 1.80 bits per heavy atom. The minimum atomic E-state index is -1.38. The molecule has 0 radical (unpaired) electrons. The summed E-state index contributed by atoms with van der Waals surface area (Å²) in [7, 11) is 0. The molecule has 3 fully saturated rings. The van der Waals surface area contributed by atoms with E-state index in [1.165, 1.54) is 0 Å². The molecule has 0 amide bonds. The second kappa shape index (κ2) is 5.31. The molecule has 0 aromatic rings. The van der Waals surface area contributed by atoms with E-state index in [0.29, 0.717) is 18.4 Å². The van der Waals surface area contributed by atoms with E-state index in [2.05, 4.69) is 19.8 Å². The maximum absolute atomic E-state index is 14.7. The first-order valence-electron chi connectivity index (χ1n) is 9.60. The third kappa shape index (κ3) is 2.04. The maximum Gasteiger partial charge on any atom is 0.148 e. The van der Waals surface area contributed by atoms with E-state index in [0.717, 1.165) is 25.7 Å². The van der Waals surface area contributed by atoms with Crippen molar-refractivity contribution in [2.24, 2.45) is 28.6 Å². The van der Waals surface area contributed by atoms with Crippen LogP contribution in [0.3, 0.4) is 0 Å². The van der Waals surface area contributed by atoms with Crippen molar-refractivity contribution < 1.29 is 19.7 Å². The van der Waals surface area contributed by atoms with Gasteiger partial charge in [0.2, 0.25) is 0 Å². The normalized spacial score (nSPS) is 57.7. The molecule has 0 bridgehead atoms. The number of terminal acetylenes is 1. The van der Waals surface area contributed by atoms with Crippen LogP contribution >= 0.6 is 0 Å².